The first-order chi connectivity index (χ1) is 4.77. The summed E-state index contributed by atoms with van der Waals surface area (Å²) in [5.74, 6) is 0. The predicted octanol–water partition coefficient (Wildman–Crippen LogP) is -1.83. The second kappa shape index (κ2) is 11.3. The molecule has 0 saturated carbocycles. The van der Waals surface area contributed by atoms with Gasteiger partial charge in [-0.3, -0.25) is 0 Å². The monoisotopic (exact) mass is 188 g/mol. The molecule has 3 nitrogen and oxygen atoms in total. The summed E-state index contributed by atoms with van der Waals surface area (Å²) in [5, 5.41) is 0. The largest absolute Gasteiger partial charge is 1.00 e. The van der Waals surface area contributed by atoms with E-state index in [1.807, 2.05) is 0 Å². The Morgan fingerprint density at radius 3 is 2.45 bits per heavy atom. The molecule has 0 amide bonds. The molecule has 0 spiro atoms. The molecule has 0 aliphatic rings. The third-order valence-corrected chi connectivity index (χ3v) is 1.60. The second-order valence-electron chi connectivity index (χ2n) is 2.13. The summed E-state index contributed by atoms with van der Waals surface area (Å²) < 4.78 is 4.45. The quantitative estimate of drug-likeness (QED) is 0.303. The molecular formula is C6H14NaO3P. The van der Waals surface area contributed by atoms with Crippen LogP contribution in [0.5, 0.6) is 0 Å². The van der Waals surface area contributed by atoms with Crippen molar-refractivity contribution in [2.75, 3.05) is 6.61 Å². The van der Waals surface area contributed by atoms with E-state index < -0.39 is 8.60 Å². The Bertz CT molecular complexity index is 72.8. The Kier molecular flexibility index (Phi) is 15.2. The van der Waals surface area contributed by atoms with Gasteiger partial charge in [0, 0.05) is 0 Å². The SMILES string of the molecule is CCCCCCOP([O-])O.[Na+]. The fourth-order valence-electron chi connectivity index (χ4n) is 0.671. The first kappa shape index (κ1) is 14.8. The van der Waals surface area contributed by atoms with Gasteiger partial charge in [0.15, 0.2) is 0 Å². The Morgan fingerprint density at radius 2 is 2.00 bits per heavy atom. The maximum atomic E-state index is 9.96. The molecule has 0 heterocycles. The number of rotatable bonds is 6. The van der Waals surface area contributed by atoms with Crippen LogP contribution in [-0.4, -0.2) is 11.5 Å². The van der Waals surface area contributed by atoms with E-state index in [1.54, 1.807) is 0 Å². The minimum absolute atomic E-state index is 0. The summed E-state index contributed by atoms with van der Waals surface area (Å²) in [4.78, 5) is 18.2. The van der Waals surface area contributed by atoms with Crippen molar-refractivity contribution >= 4 is 8.60 Å². The van der Waals surface area contributed by atoms with Gasteiger partial charge < -0.3 is 14.3 Å². The van der Waals surface area contributed by atoms with Crippen LogP contribution in [0.3, 0.4) is 0 Å². The zero-order valence-corrected chi connectivity index (χ0v) is 10.1. The molecule has 0 saturated heterocycles. The van der Waals surface area contributed by atoms with E-state index >= 15 is 0 Å². The smallest absolute Gasteiger partial charge is 0.786 e. The van der Waals surface area contributed by atoms with Crippen molar-refractivity contribution in [1.82, 2.24) is 0 Å². The molecule has 0 aromatic rings. The Hall–Kier alpha value is 1.31. The van der Waals surface area contributed by atoms with Crippen LogP contribution in [0.25, 0.3) is 0 Å². The van der Waals surface area contributed by atoms with Gasteiger partial charge in [-0.15, -0.1) is 0 Å². The van der Waals surface area contributed by atoms with Gasteiger partial charge in [0.25, 0.3) is 0 Å². The topological polar surface area (TPSA) is 52.5 Å². The maximum Gasteiger partial charge on any atom is 1.00 e. The van der Waals surface area contributed by atoms with Crippen molar-refractivity contribution in [3.05, 3.63) is 0 Å². The summed E-state index contributed by atoms with van der Waals surface area (Å²) in [6.07, 6.45) is 4.31. The van der Waals surface area contributed by atoms with Crippen LogP contribution in [-0.2, 0) is 4.52 Å². The molecule has 0 bridgehead atoms. The van der Waals surface area contributed by atoms with E-state index in [0.717, 1.165) is 12.8 Å². The molecular weight excluding hydrogens is 174 g/mol. The Labute approximate surface area is 91.4 Å². The van der Waals surface area contributed by atoms with Gasteiger partial charge in [-0.1, -0.05) is 26.2 Å². The zero-order valence-electron chi connectivity index (χ0n) is 7.25. The van der Waals surface area contributed by atoms with Crippen molar-refractivity contribution in [3.63, 3.8) is 0 Å². The van der Waals surface area contributed by atoms with E-state index in [9.17, 15) is 4.89 Å². The van der Waals surface area contributed by atoms with Crippen LogP contribution in [0, 0.1) is 0 Å². The molecule has 11 heavy (non-hydrogen) atoms. The van der Waals surface area contributed by atoms with E-state index in [1.165, 1.54) is 12.8 Å². The average Bonchev–Trinajstić information content (AvgIpc) is 1.87. The molecule has 0 aliphatic heterocycles. The van der Waals surface area contributed by atoms with E-state index in [0.29, 0.717) is 6.61 Å². The van der Waals surface area contributed by atoms with Gasteiger partial charge >= 0.3 is 29.6 Å². The zero-order chi connectivity index (χ0) is 7.82. The van der Waals surface area contributed by atoms with Gasteiger partial charge in [-0.2, -0.15) is 0 Å². The van der Waals surface area contributed by atoms with Crippen molar-refractivity contribution in [3.8, 4) is 0 Å². The van der Waals surface area contributed by atoms with Crippen LogP contribution in [0.1, 0.15) is 32.6 Å². The van der Waals surface area contributed by atoms with Crippen LogP contribution in [0.4, 0.5) is 0 Å². The first-order valence-electron chi connectivity index (χ1n) is 3.56. The third kappa shape index (κ3) is 14.2. The average molecular weight is 188 g/mol. The van der Waals surface area contributed by atoms with E-state index in [-0.39, 0.29) is 29.6 Å². The maximum absolute atomic E-state index is 9.96. The number of hydrogen-bond donors (Lipinski definition) is 1. The van der Waals surface area contributed by atoms with Crippen molar-refractivity contribution < 1.29 is 43.9 Å². The fourth-order valence-corrected chi connectivity index (χ4v) is 0.957. The molecule has 0 fully saturated rings. The van der Waals surface area contributed by atoms with E-state index in [4.69, 9.17) is 4.89 Å². The van der Waals surface area contributed by atoms with Crippen LogP contribution < -0.4 is 34.5 Å². The second-order valence-corrected chi connectivity index (χ2v) is 2.87. The molecule has 0 aromatic heterocycles. The van der Waals surface area contributed by atoms with Gasteiger partial charge in [-0.25, -0.2) is 0 Å². The normalized spacial score (nSPS) is 12.3. The molecule has 0 aliphatic carbocycles. The molecule has 62 valence electrons. The third-order valence-electron chi connectivity index (χ3n) is 1.20. The molecule has 1 unspecified atom stereocenters. The van der Waals surface area contributed by atoms with Crippen LogP contribution >= 0.6 is 8.60 Å². The van der Waals surface area contributed by atoms with E-state index in [2.05, 4.69) is 11.4 Å². The molecule has 5 heteroatoms. The molecule has 1 atom stereocenters. The molecule has 0 aromatic carbocycles. The summed E-state index contributed by atoms with van der Waals surface area (Å²) in [6.45, 7) is 2.53. The first-order valence-corrected chi connectivity index (χ1v) is 4.69. The molecule has 0 radical (unpaired) electrons. The standard InChI is InChI=1S/C6H14O3P.Na/c1-2-3-4-5-6-9-10(7)8;/h7H,2-6H2,1H3;/q-1;+1. The summed E-state index contributed by atoms with van der Waals surface area (Å²) in [6, 6.07) is 0. The minimum atomic E-state index is -2.37. The van der Waals surface area contributed by atoms with Crippen molar-refractivity contribution in [2.24, 2.45) is 0 Å². The van der Waals surface area contributed by atoms with Crippen molar-refractivity contribution in [1.29, 1.82) is 0 Å². The van der Waals surface area contributed by atoms with Gasteiger partial charge in [0.2, 0.25) is 0 Å². The number of hydrogen-bond acceptors (Lipinski definition) is 3. The van der Waals surface area contributed by atoms with Gasteiger partial charge in [0.05, 0.1) is 15.2 Å². The predicted molar refractivity (Wildman–Crippen MR) is 39.2 cm³/mol. The Balaban J connectivity index is 0. The van der Waals surface area contributed by atoms with Crippen molar-refractivity contribution in [2.45, 2.75) is 32.6 Å². The van der Waals surface area contributed by atoms with Crippen LogP contribution in [0.15, 0.2) is 0 Å². The summed E-state index contributed by atoms with van der Waals surface area (Å²) in [5.41, 5.74) is 0. The fraction of sp³-hybridized carbons (Fsp3) is 1.00. The van der Waals surface area contributed by atoms with Gasteiger partial charge in [-0.05, 0) is 6.42 Å². The molecule has 1 N–H and O–H groups in total. The molecule has 0 rings (SSSR count). The minimum Gasteiger partial charge on any atom is -0.786 e. The Morgan fingerprint density at radius 1 is 1.36 bits per heavy atom. The summed E-state index contributed by atoms with van der Waals surface area (Å²) in [7, 11) is -2.37. The van der Waals surface area contributed by atoms with Gasteiger partial charge in [0.1, 0.15) is 0 Å². The summed E-state index contributed by atoms with van der Waals surface area (Å²) >= 11 is 0. The van der Waals surface area contributed by atoms with Crippen LogP contribution in [0.2, 0.25) is 0 Å². The number of unbranched alkanes of at least 4 members (excludes halogenated alkanes) is 3.